The topological polar surface area (TPSA) is 245 Å². The summed E-state index contributed by atoms with van der Waals surface area (Å²) in [5.74, 6) is 0.129. The van der Waals surface area contributed by atoms with Crippen molar-refractivity contribution in [1.29, 1.82) is 0 Å². The number of hydrogen-bond donors (Lipinski definition) is 6. The molecule has 20 heteroatoms. The van der Waals surface area contributed by atoms with Gasteiger partial charge in [0.15, 0.2) is 12.0 Å². The molecule has 33 heavy (non-hydrogen) atoms. The zero-order valence-electron chi connectivity index (χ0n) is 16.6. The Balaban J connectivity index is 1.67. The molecule has 2 aromatic rings. The van der Waals surface area contributed by atoms with Crippen molar-refractivity contribution in [2.75, 3.05) is 12.3 Å². The summed E-state index contributed by atoms with van der Waals surface area (Å²) in [6, 6.07) is 3.00. The number of nitrogens with zero attached hydrogens (tertiary/aromatic N) is 3. The summed E-state index contributed by atoms with van der Waals surface area (Å²) >= 11 is 0. The Labute approximate surface area is 184 Å². The van der Waals surface area contributed by atoms with Gasteiger partial charge in [-0.25, -0.2) is 27.6 Å². The molecular weight excluding hydrogens is 516 g/mol. The van der Waals surface area contributed by atoms with Crippen LogP contribution < -0.4 is 5.73 Å². The molecule has 1 aliphatic rings. The average molecular weight is 536 g/mol. The second-order valence-corrected chi connectivity index (χ2v) is 11.5. The van der Waals surface area contributed by atoms with E-state index in [4.69, 9.17) is 25.2 Å². The molecule has 1 saturated heterocycles. The fourth-order valence-electron chi connectivity index (χ4n) is 3.21. The summed E-state index contributed by atoms with van der Waals surface area (Å²) in [6.45, 7) is 0.532. The Hall–Kier alpha value is -1.32. The second kappa shape index (κ2) is 9.04. The van der Waals surface area contributed by atoms with Gasteiger partial charge in [-0.1, -0.05) is 0 Å². The average Bonchev–Trinajstić information content (AvgIpc) is 3.15. The molecule has 1 aliphatic heterocycles. The van der Waals surface area contributed by atoms with Crippen LogP contribution in [0.2, 0.25) is 0 Å². The summed E-state index contributed by atoms with van der Waals surface area (Å²) in [5, 5.41) is 14.4. The number of aromatic nitrogens is 3. The van der Waals surface area contributed by atoms with Gasteiger partial charge >= 0.3 is 23.5 Å². The first-order valence-electron chi connectivity index (χ1n) is 8.90. The quantitative estimate of drug-likeness (QED) is 0.240. The lowest BCUT2D eigenvalue weighted by molar-refractivity contribution is -0.0830. The van der Waals surface area contributed by atoms with E-state index >= 15 is 0 Å². The molecule has 6 atom stereocenters. The fourth-order valence-corrected chi connectivity index (χ4v) is 6.23. The van der Waals surface area contributed by atoms with Gasteiger partial charge in [0.2, 0.25) is 0 Å². The van der Waals surface area contributed by atoms with Crippen LogP contribution in [0, 0.1) is 0 Å². The highest BCUT2D eigenvalue weighted by atomic mass is 31.3. The highest BCUT2D eigenvalue weighted by Crippen LogP contribution is 2.66. The fraction of sp³-hybridized carbons (Fsp3) is 0.538. The lowest BCUT2D eigenvalue weighted by atomic mass is 9.94. The van der Waals surface area contributed by atoms with E-state index in [9.17, 15) is 28.1 Å². The first-order chi connectivity index (χ1) is 15.0. The van der Waals surface area contributed by atoms with Crippen LogP contribution in [-0.4, -0.2) is 63.8 Å². The first kappa shape index (κ1) is 26.3. The van der Waals surface area contributed by atoms with Crippen molar-refractivity contribution in [3.63, 3.8) is 0 Å². The zero-order valence-corrected chi connectivity index (χ0v) is 19.3. The predicted molar refractivity (Wildman–Crippen MR) is 105 cm³/mol. The minimum absolute atomic E-state index is 0.129. The van der Waals surface area contributed by atoms with Gasteiger partial charge < -0.3 is 35.2 Å². The van der Waals surface area contributed by atoms with Gasteiger partial charge in [-0.15, -0.1) is 0 Å². The van der Waals surface area contributed by atoms with Crippen molar-refractivity contribution < 1.29 is 60.6 Å². The Bertz CT molecular complexity index is 1170. The van der Waals surface area contributed by atoms with Crippen LogP contribution in [0.5, 0.6) is 0 Å². The molecule has 0 amide bonds. The summed E-state index contributed by atoms with van der Waals surface area (Å²) < 4.78 is 67.3. The predicted octanol–water partition coefficient (Wildman–Crippen LogP) is 0.574. The number of halogens is 1. The smallest absolute Gasteiger partial charge is 0.387 e. The molecule has 2 unspecified atom stereocenters. The largest absolute Gasteiger partial charge is 0.490 e. The molecule has 0 saturated carbocycles. The first-order valence-corrected chi connectivity index (χ1v) is 13.4. The molecule has 2 aromatic heterocycles. The van der Waals surface area contributed by atoms with Crippen LogP contribution in [-0.2, 0) is 31.6 Å². The SMILES string of the molecule is C[C@]1(CCOP(=O)(O)OP(=O)(O)OP(=O)(O)O)O[C@@H](c2ccc3c(N)ncnn23)[C@H](F)[C@@H]1O. The van der Waals surface area contributed by atoms with E-state index in [-0.39, 0.29) is 11.5 Å². The molecule has 0 bridgehead atoms. The summed E-state index contributed by atoms with van der Waals surface area (Å²) in [5.41, 5.74) is 4.67. The van der Waals surface area contributed by atoms with Gasteiger partial charge in [0.25, 0.3) is 0 Å². The number of alkyl halides is 1. The lowest BCUT2D eigenvalue weighted by Gasteiger charge is -2.27. The van der Waals surface area contributed by atoms with E-state index in [1.165, 1.54) is 23.6 Å². The Kier molecular flexibility index (Phi) is 7.20. The number of nitrogen functional groups attached to an aromatic ring is 1. The highest BCUT2D eigenvalue weighted by molar-refractivity contribution is 7.66. The Morgan fingerprint density at radius 3 is 2.52 bits per heavy atom. The molecule has 3 rings (SSSR count). The molecule has 186 valence electrons. The number of nitrogens with two attached hydrogens (primary N) is 1. The number of phosphoric ester groups is 1. The zero-order chi connectivity index (χ0) is 24.8. The minimum Gasteiger partial charge on any atom is -0.387 e. The number of hydrogen-bond acceptors (Lipinski definition) is 11. The lowest BCUT2D eigenvalue weighted by Crippen LogP contribution is -2.40. The number of anilines is 1. The summed E-state index contributed by atoms with van der Waals surface area (Å²) in [6.07, 6.45) is -4.25. The van der Waals surface area contributed by atoms with Crippen molar-refractivity contribution in [1.82, 2.24) is 14.6 Å². The minimum atomic E-state index is -5.68. The molecule has 0 aromatic carbocycles. The number of rotatable bonds is 9. The monoisotopic (exact) mass is 536 g/mol. The Morgan fingerprint density at radius 1 is 1.21 bits per heavy atom. The summed E-state index contributed by atoms with van der Waals surface area (Å²) in [4.78, 5) is 39.5. The molecule has 0 aliphatic carbocycles. The van der Waals surface area contributed by atoms with E-state index < -0.39 is 60.5 Å². The van der Waals surface area contributed by atoms with Crippen LogP contribution in [0.1, 0.15) is 25.1 Å². The van der Waals surface area contributed by atoms with E-state index in [0.29, 0.717) is 5.52 Å². The van der Waals surface area contributed by atoms with Crippen molar-refractivity contribution >= 4 is 34.8 Å². The van der Waals surface area contributed by atoms with Gasteiger partial charge in [0, 0.05) is 6.42 Å². The molecule has 1 fully saturated rings. The maximum Gasteiger partial charge on any atom is 0.490 e. The molecule has 16 nitrogen and oxygen atoms in total. The van der Waals surface area contributed by atoms with E-state index in [0.717, 1.165) is 6.33 Å². The van der Waals surface area contributed by atoms with Crippen molar-refractivity contribution in [2.24, 2.45) is 0 Å². The standard InChI is InChI=1S/C13H20FN4O12P3/c1-13(4-5-27-32(23,24)30-33(25,26)29-31(20,21)22)11(19)9(14)10(28-13)7-2-3-8-12(15)16-6-17-18(7)8/h2-3,6,9-11,19H,4-5H2,1H3,(H,23,24)(H,25,26)(H2,15,16,17)(H2,20,21,22)/t9-,10-,11-,13+/m0/s1. The highest BCUT2D eigenvalue weighted by Gasteiger charge is 2.53. The third-order valence-electron chi connectivity index (χ3n) is 4.68. The number of phosphoric acid groups is 3. The number of fused-ring (bicyclic) bond motifs is 1. The van der Waals surface area contributed by atoms with Crippen molar-refractivity contribution in [3.05, 3.63) is 24.2 Å². The number of ether oxygens (including phenoxy) is 1. The van der Waals surface area contributed by atoms with Gasteiger partial charge in [-0.2, -0.15) is 13.7 Å². The van der Waals surface area contributed by atoms with Gasteiger partial charge in [0.1, 0.15) is 24.1 Å². The Morgan fingerprint density at radius 2 is 1.88 bits per heavy atom. The second-order valence-electron chi connectivity index (χ2n) is 7.12. The van der Waals surface area contributed by atoms with Crippen molar-refractivity contribution in [3.8, 4) is 0 Å². The van der Waals surface area contributed by atoms with Gasteiger partial charge in [0.05, 0.1) is 17.9 Å². The normalized spacial score (nSPS) is 29.7. The van der Waals surface area contributed by atoms with E-state index in [1.54, 1.807) is 0 Å². The summed E-state index contributed by atoms with van der Waals surface area (Å²) in [7, 11) is -16.6. The van der Waals surface area contributed by atoms with Crippen LogP contribution in [0.15, 0.2) is 18.5 Å². The number of aliphatic hydroxyl groups excluding tert-OH is 1. The molecule has 7 N–H and O–H groups in total. The van der Waals surface area contributed by atoms with Crippen LogP contribution in [0.4, 0.5) is 10.2 Å². The third-order valence-corrected chi connectivity index (χ3v) is 8.52. The molecule has 3 heterocycles. The molecule has 0 radical (unpaired) electrons. The van der Waals surface area contributed by atoms with Crippen LogP contribution >= 0.6 is 23.5 Å². The van der Waals surface area contributed by atoms with Crippen molar-refractivity contribution in [2.45, 2.75) is 37.3 Å². The van der Waals surface area contributed by atoms with E-state index in [1.807, 2.05) is 0 Å². The van der Waals surface area contributed by atoms with Gasteiger partial charge in [-0.3, -0.25) is 4.52 Å². The maximum absolute atomic E-state index is 14.9. The molecular formula is C13H20FN4O12P3. The maximum atomic E-state index is 14.9. The third kappa shape index (κ3) is 6.03. The molecule has 0 spiro atoms. The van der Waals surface area contributed by atoms with Crippen LogP contribution in [0.25, 0.3) is 5.52 Å². The van der Waals surface area contributed by atoms with E-state index in [2.05, 4.69) is 23.2 Å². The van der Waals surface area contributed by atoms with Gasteiger partial charge in [-0.05, 0) is 19.1 Å². The van der Waals surface area contributed by atoms with Crippen LogP contribution in [0.3, 0.4) is 0 Å². The number of aliphatic hydroxyl groups is 1.